The lowest BCUT2D eigenvalue weighted by molar-refractivity contribution is 0.203. The van der Waals surface area contributed by atoms with Gasteiger partial charge in [-0.25, -0.2) is 0 Å². The van der Waals surface area contributed by atoms with E-state index in [2.05, 4.69) is 41.8 Å². The van der Waals surface area contributed by atoms with Gasteiger partial charge in [-0.2, -0.15) is 0 Å². The van der Waals surface area contributed by atoms with Gasteiger partial charge in [0, 0.05) is 26.2 Å². The van der Waals surface area contributed by atoms with Gasteiger partial charge >= 0.3 is 0 Å². The molecule has 0 radical (unpaired) electrons. The number of likely N-dealkylation sites (tertiary alicyclic amines) is 1. The van der Waals surface area contributed by atoms with Gasteiger partial charge in [0.25, 0.3) is 0 Å². The van der Waals surface area contributed by atoms with Crippen molar-refractivity contribution in [1.82, 2.24) is 9.80 Å². The van der Waals surface area contributed by atoms with Crippen LogP contribution in [0.3, 0.4) is 0 Å². The summed E-state index contributed by atoms with van der Waals surface area (Å²) in [5, 5.41) is 0. The summed E-state index contributed by atoms with van der Waals surface area (Å²) in [5.74, 6) is 1.91. The Hall–Kier alpha value is -1.06. The van der Waals surface area contributed by atoms with Crippen LogP contribution in [0.2, 0.25) is 0 Å². The Labute approximate surface area is 160 Å². The van der Waals surface area contributed by atoms with Crippen LogP contribution in [0, 0.1) is 5.92 Å². The predicted molar refractivity (Wildman–Crippen MR) is 110 cm³/mol. The lowest BCUT2D eigenvalue weighted by atomic mass is 9.97. The molecule has 3 nitrogen and oxygen atoms in total. The molecule has 0 aromatic heterocycles. The molecule has 1 saturated heterocycles. The van der Waals surface area contributed by atoms with Gasteiger partial charge in [0.05, 0.1) is 6.61 Å². The van der Waals surface area contributed by atoms with Crippen molar-refractivity contribution >= 4 is 0 Å². The Morgan fingerprint density at radius 3 is 2.54 bits per heavy atom. The highest BCUT2D eigenvalue weighted by Crippen LogP contribution is 2.25. The Morgan fingerprint density at radius 2 is 1.77 bits per heavy atom. The molecule has 0 bridgehead atoms. The number of fused-ring (bicyclic) bond motifs is 1. The molecule has 26 heavy (non-hydrogen) atoms. The third kappa shape index (κ3) is 5.72. The van der Waals surface area contributed by atoms with E-state index in [1.54, 1.807) is 0 Å². The standard InChI is InChI=1S/C23H38N2O/c1-3-20(4-2)18-25-15-11-21-17-23(10-9-22(21)19-25)26-16-8-14-24-12-6-5-7-13-24/h9-10,17,20H,3-8,11-16,18-19H2,1-2H3. The molecule has 3 rings (SSSR count). The minimum atomic E-state index is 0.843. The number of benzene rings is 1. The molecule has 146 valence electrons. The average molecular weight is 359 g/mol. The molecule has 0 N–H and O–H groups in total. The van der Waals surface area contributed by atoms with E-state index >= 15 is 0 Å². The van der Waals surface area contributed by atoms with Crippen LogP contribution in [0.5, 0.6) is 5.75 Å². The number of hydrogen-bond donors (Lipinski definition) is 0. The highest BCUT2D eigenvalue weighted by molar-refractivity contribution is 5.37. The van der Waals surface area contributed by atoms with Gasteiger partial charge in [0.15, 0.2) is 0 Å². The molecule has 0 aliphatic carbocycles. The van der Waals surface area contributed by atoms with Gasteiger partial charge in [0.2, 0.25) is 0 Å². The zero-order chi connectivity index (χ0) is 18.2. The summed E-state index contributed by atoms with van der Waals surface area (Å²) in [6.07, 6.45) is 9.06. The number of rotatable bonds is 9. The highest BCUT2D eigenvalue weighted by atomic mass is 16.5. The van der Waals surface area contributed by atoms with Crippen LogP contribution in [-0.2, 0) is 13.0 Å². The maximum atomic E-state index is 6.05. The highest BCUT2D eigenvalue weighted by Gasteiger charge is 2.19. The van der Waals surface area contributed by atoms with E-state index in [1.807, 2.05) is 0 Å². The zero-order valence-electron chi connectivity index (χ0n) is 17.0. The normalized spacial score (nSPS) is 18.9. The van der Waals surface area contributed by atoms with Gasteiger partial charge < -0.3 is 9.64 Å². The second-order valence-corrected chi connectivity index (χ2v) is 8.20. The van der Waals surface area contributed by atoms with Crippen LogP contribution in [0.15, 0.2) is 18.2 Å². The summed E-state index contributed by atoms with van der Waals surface area (Å²) in [7, 11) is 0. The molecule has 1 aromatic carbocycles. The maximum Gasteiger partial charge on any atom is 0.119 e. The molecule has 3 heteroatoms. The summed E-state index contributed by atoms with van der Waals surface area (Å²) in [5.41, 5.74) is 3.00. The molecule has 0 atom stereocenters. The van der Waals surface area contributed by atoms with Crippen molar-refractivity contribution in [1.29, 1.82) is 0 Å². The van der Waals surface area contributed by atoms with Crippen molar-refractivity contribution in [3.05, 3.63) is 29.3 Å². The van der Waals surface area contributed by atoms with E-state index < -0.39 is 0 Å². The first kappa shape index (κ1) is 19.7. The van der Waals surface area contributed by atoms with E-state index in [-0.39, 0.29) is 0 Å². The van der Waals surface area contributed by atoms with Crippen molar-refractivity contribution in [2.24, 2.45) is 5.92 Å². The SMILES string of the molecule is CCC(CC)CN1CCc2cc(OCCCN3CCCCC3)ccc2C1. The molecular formula is C23H38N2O. The fourth-order valence-corrected chi connectivity index (χ4v) is 4.41. The molecule has 2 aliphatic rings. The molecule has 1 fully saturated rings. The van der Waals surface area contributed by atoms with Gasteiger partial charge in [-0.05, 0) is 68.0 Å². The second kappa shape index (κ2) is 10.3. The number of hydrogen-bond acceptors (Lipinski definition) is 3. The predicted octanol–water partition coefficient (Wildman–Crippen LogP) is 4.74. The first-order valence-corrected chi connectivity index (χ1v) is 11.0. The van der Waals surface area contributed by atoms with E-state index in [4.69, 9.17) is 4.74 Å². The molecule has 0 unspecified atom stereocenters. The largest absolute Gasteiger partial charge is 0.494 e. The first-order chi connectivity index (χ1) is 12.8. The second-order valence-electron chi connectivity index (χ2n) is 8.20. The Balaban J connectivity index is 1.43. The zero-order valence-corrected chi connectivity index (χ0v) is 17.0. The summed E-state index contributed by atoms with van der Waals surface area (Å²) in [6.45, 7) is 12.8. The minimum Gasteiger partial charge on any atom is -0.494 e. The number of piperidine rings is 1. The smallest absolute Gasteiger partial charge is 0.119 e. The van der Waals surface area contributed by atoms with Crippen molar-refractivity contribution in [3.63, 3.8) is 0 Å². The van der Waals surface area contributed by atoms with Crippen LogP contribution in [0.25, 0.3) is 0 Å². The first-order valence-electron chi connectivity index (χ1n) is 11.0. The Kier molecular flexibility index (Phi) is 7.82. The quantitative estimate of drug-likeness (QED) is 0.593. The van der Waals surface area contributed by atoms with E-state index in [0.717, 1.165) is 31.2 Å². The van der Waals surface area contributed by atoms with Crippen molar-refractivity contribution < 1.29 is 4.74 Å². The molecule has 2 heterocycles. The van der Waals surface area contributed by atoms with E-state index in [1.165, 1.54) is 82.4 Å². The summed E-state index contributed by atoms with van der Waals surface area (Å²) >= 11 is 0. The molecular weight excluding hydrogens is 320 g/mol. The molecule has 1 aromatic rings. The van der Waals surface area contributed by atoms with Crippen LogP contribution >= 0.6 is 0 Å². The monoisotopic (exact) mass is 358 g/mol. The van der Waals surface area contributed by atoms with Crippen LogP contribution < -0.4 is 4.74 Å². The fraction of sp³-hybridized carbons (Fsp3) is 0.739. The minimum absolute atomic E-state index is 0.843. The third-order valence-corrected chi connectivity index (χ3v) is 6.28. The van der Waals surface area contributed by atoms with Crippen molar-refractivity contribution in [3.8, 4) is 5.75 Å². The third-order valence-electron chi connectivity index (χ3n) is 6.28. The van der Waals surface area contributed by atoms with Crippen molar-refractivity contribution in [2.75, 3.05) is 39.3 Å². The molecule has 0 saturated carbocycles. The molecule has 0 spiro atoms. The van der Waals surface area contributed by atoms with Gasteiger partial charge in [-0.1, -0.05) is 39.2 Å². The van der Waals surface area contributed by atoms with E-state index in [9.17, 15) is 0 Å². The van der Waals surface area contributed by atoms with Crippen LogP contribution in [0.4, 0.5) is 0 Å². The van der Waals surface area contributed by atoms with Crippen LogP contribution in [0.1, 0.15) is 63.5 Å². The van der Waals surface area contributed by atoms with Crippen LogP contribution in [-0.4, -0.2) is 49.1 Å². The Morgan fingerprint density at radius 1 is 0.962 bits per heavy atom. The van der Waals surface area contributed by atoms with E-state index in [0.29, 0.717) is 0 Å². The average Bonchev–Trinajstić information content (AvgIpc) is 2.70. The molecule has 0 amide bonds. The topological polar surface area (TPSA) is 15.7 Å². The Bertz CT molecular complexity index is 535. The van der Waals surface area contributed by atoms with Gasteiger partial charge in [0.1, 0.15) is 5.75 Å². The lowest BCUT2D eigenvalue weighted by Crippen LogP contribution is -2.34. The number of nitrogens with zero attached hydrogens (tertiary/aromatic N) is 2. The lowest BCUT2D eigenvalue weighted by Gasteiger charge is -2.31. The molecule has 2 aliphatic heterocycles. The van der Waals surface area contributed by atoms with Gasteiger partial charge in [-0.15, -0.1) is 0 Å². The summed E-state index contributed by atoms with van der Waals surface area (Å²) in [6, 6.07) is 6.78. The maximum absolute atomic E-state index is 6.05. The summed E-state index contributed by atoms with van der Waals surface area (Å²) < 4.78 is 6.05. The number of ether oxygens (including phenoxy) is 1. The van der Waals surface area contributed by atoms with Gasteiger partial charge in [-0.3, -0.25) is 4.90 Å². The van der Waals surface area contributed by atoms with Crippen molar-refractivity contribution in [2.45, 2.75) is 65.3 Å². The summed E-state index contributed by atoms with van der Waals surface area (Å²) in [4.78, 5) is 5.23. The fourth-order valence-electron chi connectivity index (χ4n) is 4.41.